The van der Waals surface area contributed by atoms with E-state index < -0.39 is 32.5 Å². The van der Waals surface area contributed by atoms with Crippen molar-refractivity contribution in [2.75, 3.05) is 47.5 Å². The molecule has 330 valence electrons. The molecule has 1 unspecified atom stereocenters. The fraction of sp³-hybridized carbons (Fsp3) is 0.625. The van der Waals surface area contributed by atoms with E-state index >= 15 is 0 Å². The van der Waals surface area contributed by atoms with Crippen LogP contribution < -0.4 is 0 Å². The first-order valence-electron chi connectivity index (χ1n) is 22.0. The average Bonchev–Trinajstić information content (AvgIpc) is 3.17. The lowest BCUT2D eigenvalue weighted by Crippen LogP contribution is -2.37. The first kappa shape index (κ1) is 54.9. The summed E-state index contributed by atoms with van der Waals surface area (Å²) in [6.07, 6.45) is 51.9. The Kier molecular flexibility index (Phi) is 37.3. The first-order chi connectivity index (χ1) is 28.0. The molecule has 0 heterocycles. The molecule has 9 nitrogen and oxygen atoms in total. The number of unbranched alkanes of at least 4 members (excludes halogenated alkanes) is 8. The summed E-state index contributed by atoms with van der Waals surface area (Å²) in [6.45, 7) is 4.15. The van der Waals surface area contributed by atoms with Gasteiger partial charge in [-0.25, -0.2) is 4.57 Å². The van der Waals surface area contributed by atoms with Gasteiger partial charge in [0.25, 0.3) is 0 Å². The van der Waals surface area contributed by atoms with Crippen molar-refractivity contribution in [3.05, 3.63) is 97.2 Å². The molecule has 0 rings (SSSR count). The van der Waals surface area contributed by atoms with E-state index in [9.17, 15) is 19.0 Å². The van der Waals surface area contributed by atoms with Gasteiger partial charge in [-0.3, -0.25) is 18.6 Å². The van der Waals surface area contributed by atoms with Crippen molar-refractivity contribution in [3.8, 4) is 0 Å². The maximum atomic E-state index is 12.7. The fourth-order valence-corrected chi connectivity index (χ4v) is 5.92. The summed E-state index contributed by atoms with van der Waals surface area (Å²) in [7, 11) is 1.40. The highest BCUT2D eigenvalue weighted by atomic mass is 31.2. The van der Waals surface area contributed by atoms with Crippen LogP contribution in [0.25, 0.3) is 0 Å². The predicted molar refractivity (Wildman–Crippen MR) is 242 cm³/mol. The Labute approximate surface area is 353 Å². The number of phosphoric ester groups is 1. The van der Waals surface area contributed by atoms with E-state index in [0.717, 1.165) is 57.8 Å². The summed E-state index contributed by atoms with van der Waals surface area (Å²) < 4.78 is 34.2. The molecule has 0 aromatic carbocycles. The topological polar surface area (TPSA) is 108 Å². The number of carbonyl (C=O) groups is 2. The van der Waals surface area contributed by atoms with Crippen molar-refractivity contribution in [1.82, 2.24) is 0 Å². The number of nitrogens with zero attached hydrogens (tertiary/aromatic N) is 1. The molecule has 0 aliphatic rings. The molecule has 58 heavy (non-hydrogen) atoms. The monoisotopic (exact) mass is 831 g/mol. The smallest absolute Gasteiger partial charge is 0.462 e. The molecule has 0 saturated carbocycles. The van der Waals surface area contributed by atoms with Gasteiger partial charge in [-0.2, -0.15) is 0 Å². The second-order valence-electron chi connectivity index (χ2n) is 15.3. The molecule has 0 spiro atoms. The summed E-state index contributed by atoms with van der Waals surface area (Å²) >= 11 is 0. The molecule has 0 aliphatic carbocycles. The molecule has 0 radical (unpaired) electrons. The van der Waals surface area contributed by atoms with Crippen LogP contribution in [0.2, 0.25) is 0 Å². The number of ether oxygens (including phenoxy) is 2. The molecule has 0 aromatic heterocycles. The van der Waals surface area contributed by atoms with Crippen molar-refractivity contribution in [2.24, 2.45) is 0 Å². The van der Waals surface area contributed by atoms with E-state index in [1.54, 1.807) is 0 Å². The number of likely N-dealkylation sites (N-methyl/N-ethyl adjacent to an activating group) is 1. The summed E-state index contributed by atoms with van der Waals surface area (Å²) in [5.74, 6) is -0.939. The Balaban J connectivity index is 4.57. The lowest BCUT2D eigenvalue weighted by molar-refractivity contribution is -0.870. The maximum Gasteiger partial charge on any atom is 0.472 e. The van der Waals surface area contributed by atoms with E-state index in [1.807, 2.05) is 33.3 Å². The lowest BCUT2D eigenvalue weighted by atomic mass is 10.1. The summed E-state index contributed by atoms with van der Waals surface area (Å²) in [6, 6.07) is 0. The van der Waals surface area contributed by atoms with Gasteiger partial charge in [0.15, 0.2) is 6.10 Å². The quantitative estimate of drug-likeness (QED) is 0.0215. The van der Waals surface area contributed by atoms with E-state index in [0.29, 0.717) is 30.3 Å². The molecular formula is C48H81NO8P+. The Morgan fingerprint density at radius 3 is 1.47 bits per heavy atom. The number of esters is 2. The zero-order valence-electron chi connectivity index (χ0n) is 37.0. The molecule has 1 N–H and O–H groups in total. The number of allylic oxidation sites excluding steroid dienone is 16. The van der Waals surface area contributed by atoms with E-state index in [1.165, 1.54) is 38.5 Å². The Morgan fingerprint density at radius 2 is 0.983 bits per heavy atom. The zero-order valence-corrected chi connectivity index (χ0v) is 37.9. The molecule has 0 aromatic rings. The molecule has 0 amide bonds. The Morgan fingerprint density at radius 1 is 0.552 bits per heavy atom. The van der Waals surface area contributed by atoms with Crippen LogP contribution in [0.4, 0.5) is 0 Å². The lowest BCUT2D eigenvalue weighted by Gasteiger charge is -2.24. The summed E-state index contributed by atoms with van der Waals surface area (Å²) in [5, 5.41) is 0. The van der Waals surface area contributed by atoms with Gasteiger partial charge < -0.3 is 18.9 Å². The molecule has 10 heteroatoms. The highest BCUT2D eigenvalue weighted by Crippen LogP contribution is 2.43. The molecular weight excluding hydrogens is 750 g/mol. The second kappa shape index (κ2) is 39.4. The maximum absolute atomic E-state index is 12.7. The van der Waals surface area contributed by atoms with Crippen LogP contribution >= 0.6 is 7.82 Å². The zero-order chi connectivity index (χ0) is 42.8. The van der Waals surface area contributed by atoms with Crippen LogP contribution in [0.1, 0.15) is 142 Å². The first-order valence-corrected chi connectivity index (χ1v) is 23.5. The van der Waals surface area contributed by atoms with Crippen LogP contribution in [-0.4, -0.2) is 74.9 Å². The number of quaternary nitrogens is 1. The number of rotatable bonds is 38. The Bertz CT molecular complexity index is 1300. The minimum Gasteiger partial charge on any atom is -0.462 e. The summed E-state index contributed by atoms with van der Waals surface area (Å²) in [4.78, 5) is 35.3. The highest BCUT2D eigenvalue weighted by molar-refractivity contribution is 7.47. The third-order valence-corrected chi connectivity index (χ3v) is 9.58. The van der Waals surface area contributed by atoms with Crippen molar-refractivity contribution in [2.45, 2.75) is 148 Å². The molecule has 0 saturated heterocycles. The second-order valence-corrected chi connectivity index (χ2v) is 16.8. The van der Waals surface area contributed by atoms with Crippen LogP contribution in [0.5, 0.6) is 0 Å². The van der Waals surface area contributed by atoms with Gasteiger partial charge >= 0.3 is 19.8 Å². The normalized spacial score (nSPS) is 14.5. The Hall–Kier alpha value is -3.07. The van der Waals surface area contributed by atoms with E-state index in [-0.39, 0.29) is 26.1 Å². The van der Waals surface area contributed by atoms with E-state index in [2.05, 4.69) is 98.9 Å². The third kappa shape index (κ3) is 42.5. The van der Waals surface area contributed by atoms with Crippen molar-refractivity contribution in [3.63, 3.8) is 0 Å². The molecule has 0 aliphatic heterocycles. The minimum atomic E-state index is -4.41. The summed E-state index contributed by atoms with van der Waals surface area (Å²) in [5.41, 5.74) is 0. The van der Waals surface area contributed by atoms with Gasteiger partial charge in [-0.15, -0.1) is 0 Å². The molecule has 0 bridgehead atoms. The predicted octanol–water partition coefficient (Wildman–Crippen LogP) is 12.6. The third-order valence-electron chi connectivity index (χ3n) is 8.60. The highest BCUT2D eigenvalue weighted by Gasteiger charge is 2.27. The number of phosphoric acid groups is 1. The van der Waals surface area contributed by atoms with Gasteiger partial charge in [-0.05, 0) is 83.5 Å². The average molecular weight is 831 g/mol. The van der Waals surface area contributed by atoms with E-state index in [4.69, 9.17) is 18.5 Å². The van der Waals surface area contributed by atoms with Crippen LogP contribution in [0.3, 0.4) is 0 Å². The van der Waals surface area contributed by atoms with Crippen LogP contribution in [-0.2, 0) is 32.7 Å². The SMILES string of the molecule is CC/C=C/C/C=C/C/C=C/C/C=C/C/C=C/CCCC(=O)OC[C@H](COP(=O)(O)OCC[N+](C)(C)C)OC(=O)CCC/C=C/C/C=C/C/C=C/CCCCCCCC. The van der Waals surface area contributed by atoms with Crippen molar-refractivity contribution >= 4 is 19.8 Å². The van der Waals surface area contributed by atoms with Crippen molar-refractivity contribution < 1.29 is 42.1 Å². The minimum absolute atomic E-state index is 0.00821. The molecule has 2 atom stereocenters. The van der Waals surface area contributed by atoms with Gasteiger partial charge in [0.1, 0.15) is 19.8 Å². The number of hydrogen-bond acceptors (Lipinski definition) is 7. The van der Waals surface area contributed by atoms with Crippen LogP contribution in [0, 0.1) is 0 Å². The van der Waals surface area contributed by atoms with Gasteiger partial charge in [0.2, 0.25) is 0 Å². The van der Waals surface area contributed by atoms with Crippen LogP contribution in [0.15, 0.2) is 97.2 Å². The number of carbonyl (C=O) groups excluding carboxylic acids is 2. The standard InChI is InChI=1S/C48H80NO8P/c1-6-8-10-12-14-16-18-20-22-24-26-28-30-32-34-36-38-40-47(50)54-44-46(45-56-58(52,53)55-43-42-49(3,4)5)57-48(51)41-39-37-35-33-31-29-27-25-23-21-19-17-15-13-11-9-7-2/h8,10,14,16,20-23,26-29,32-35,46H,6-7,9,11-13,15,17-19,24-25,30-31,36-45H2,1-5H3/p+1/b10-8+,16-14+,22-20+,23-21+,28-26+,29-27+,34-32+,35-33+/t46-/m1/s1. The molecule has 0 fully saturated rings. The number of hydrogen-bond donors (Lipinski definition) is 1. The van der Waals surface area contributed by atoms with Gasteiger partial charge in [0.05, 0.1) is 27.7 Å². The van der Waals surface area contributed by atoms with Gasteiger partial charge in [-0.1, -0.05) is 143 Å². The largest absolute Gasteiger partial charge is 0.472 e. The van der Waals surface area contributed by atoms with Crippen molar-refractivity contribution in [1.29, 1.82) is 0 Å². The van der Waals surface area contributed by atoms with Gasteiger partial charge in [0, 0.05) is 12.8 Å². The fourth-order valence-electron chi connectivity index (χ4n) is 5.18.